The molecule has 0 aliphatic carbocycles. The van der Waals surface area contributed by atoms with Crippen molar-refractivity contribution in [2.75, 3.05) is 19.8 Å². The van der Waals surface area contributed by atoms with E-state index in [0.717, 1.165) is 44.7 Å². The lowest BCUT2D eigenvalue weighted by molar-refractivity contribution is -0.130. The number of aromatic amines is 1. The molecule has 1 N–H and O–H groups in total. The number of amides is 1. The molecule has 1 unspecified atom stereocenters. The second kappa shape index (κ2) is 6.90. The van der Waals surface area contributed by atoms with Crippen LogP contribution in [0.3, 0.4) is 0 Å². The van der Waals surface area contributed by atoms with Crippen LogP contribution in [-0.2, 0) is 9.53 Å². The van der Waals surface area contributed by atoms with E-state index in [1.54, 1.807) is 6.20 Å². The van der Waals surface area contributed by atoms with Gasteiger partial charge in [-0.2, -0.15) is 4.98 Å². The molecule has 0 spiro atoms. The zero-order valence-corrected chi connectivity index (χ0v) is 14.0. The lowest BCUT2D eigenvalue weighted by Crippen LogP contribution is -2.41. The van der Waals surface area contributed by atoms with Crippen LogP contribution >= 0.6 is 11.8 Å². The summed E-state index contributed by atoms with van der Waals surface area (Å²) >= 11 is 1.44. The highest BCUT2D eigenvalue weighted by Crippen LogP contribution is 2.32. The summed E-state index contributed by atoms with van der Waals surface area (Å²) < 4.78 is 5.39. The zero-order chi connectivity index (χ0) is 16.4. The lowest BCUT2D eigenvalue weighted by Gasteiger charge is -2.31. The topological polar surface area (TPSA) is 84.0 Å². The maximum atomic E-state index is 12.7. The SMILES string of the molecule is O=C1C(Sc2n[nH]c(-c3ccccn3)n2)CCN1C1CCOCC1. The van der Waals surface area contributed by atoms with Gasteiger partial charge in [0.15, 0.2) is 5.82 Å². The van der Waals surface area contributed by atoms with Crippen LogP contribution in [0.25, 0.3) is 11.5 Å². The molecular weight excluding hydrogens is 326 g/mol. The minimum atomic E-state index is -0.0970. The van der Waals surface area contributed by atoms with Gasteiger partial charge in [0.2, 0.25) is 11.1 Å². The van der Waals surface area contributed by atoms with Gasteiger partial charge in [-0.1, -0.05) is 17.8 Å². The molecule has 1 amide bonds. The van der Waals surface area contributed by atoms with E-state index in [2.05, 4.69) is 20.2 Å². The Kier molecular flexibility index (Phi) is 4.48. The predicted octanol–water partition coefficient (Wildman–Crippen LogP) is 1.74. The molecule has 4 rings (SSSR count). The molecule has 4 heterocycles. The molecule has 1 atom stereocenters. The molecule has 0 bridgehead atoms. The standard InChI is InChI=1S/C16H19N5O2S/c22-15-13(4-8-21(15)11-5-9-23-10-6-11)24-16-18-14(19-20-16)12-3-1-2-7-17-12/h1-3,7,11,13H,4-6,8-10H2,(H,18,19,20). The number of nitrogens with one attached hydrogen (secondary N) is 1. The average Bonchev–Trinajstić information content (AvgIpc) is 3.25. The third-order valence-corrected chi connectivity index (χ3v) is 5.56. The van der Waals surface area contributed by atoms with E-state index in [4.69, 9.17) is 4.74 Å². The number of hydrogen-bond acceptors (Lipinski definition) is 6. The first kappa shape index (κ1) is 15.6. The van der Waals surface area contributed by atoms with Crippen molar-refractivity contribution < 1.29 is 9.53 Å². The summed E-state index contributed by atoms with van der Waals surface area (Å²) in [6.07, 6.45) is 4.44. The Morgan fingerprint density at radius 1 is 1.25 bits per heavy atom. The van der Waals surface area contributed by atoms with E-state index in [1.165, 1.54) is 11.8 Å². The first-order valence-electron chi connectivity index (χ1n) is 8.20. The Bertz CT molecular complexity index is 702. The molecule has 0 saturated carbocycles. The highest BCUT2D eigenvalue weighted by Gasteiger charge is 2.37. The van der Waals surface area contributed by atoms with Crippen molar-refractivity contribution in [1.82, 2.24) is 25.1 Å². The third kappa shape index (κ3) is 3.16. The van der Waals surface area contributed by atoms with E-state index in [0.29, 0.717) is 17.0 Å². The van der Waals surface area contributed by atoms with E-state index in [9.17, 15) is 4.79 Å². The van der Waals surface area contributed by atoms with Crippen LogP contribution in [0.5, 0.6) is 0 Å². The maximum absolute atomic E-state index is 12.7. The minimum absolute atomic E-state index is 0.0970. The van der Waals surface area contributed by atoms with Gasteiger partial charge in [-0.25, -0.2) is 0 Å². The number of pyridine rings is 1. The Labute approximate surface area is 144 Å². The van der Waals surface area contributed by atoms with Crippen molar-refractivity contribution in [3.05, 3.63) is 24.4 Å². The van der Waals surface area contributed by atoms with Crippen LogP contribution in [0.2, 0.25) is 0 Å². The van der Waals surface area contributed by atoms with Gasteiger partial charge in [0, 0.05) is 32.0 Å². The van der Waals surface area contributed by atoms with Crippen molar-refractivity contribution in [2.45, 2.75) is 35.7 Å². The molecule has 2 saturated heterocycles. The molecular formula is C16H19N5O2S. The molecule has 8 heteroatoms. The van der Waals surface area contributed by atoms with E-state index in [-0.39, 0.29) is 11.2 Å². The number of carbonyl (C=O) groups excluding carboxylic acids is 1. The van der Waals surface area contributed by atoms with E-state index >= 15 is 0 Å². The number of hydrogen-bond donors (Lipinski definition) is 1. The summed E-state index contributed by atoms with van der Waals surface area (Å²) in [5.74, 6) is 0.834. The Hall–Kier alpha value is -1.93. The van der Waals surface area contributed by atoms with Gasteiger partial charge in [0.05, 0.1) is 5.25 Å². The fourth-order valence-corrected chi connectivity index (χ4v) is 4.14. The quantitative estimate of drug-likeness (QED) is 0.909. The molecule has 24 heavy (non-hydrogen) atoms. The van der Waals surface area contributed by atoms with E-state index in [1.807, 2.05) is 23.1 Å². The largest absolute Gasteiger partial charge is 0.381 e. The van der Waals surface area contributed by atoms with Gasteiger partial charge in [-0.05, 0) is 31.4 Å². The molecule has 2 aromatic rings. The van der Waals surface area contributed by atoms with Crippen molar-refractivity contribution >= 4 is 17.7 Å². The van der Waals surface area contributed by atoms with Gasteiger partial charge in [0.1, 0.15) is 5.69 Å². The van der Waals surface area contributed by atoms with Crippen LogP contribution in [0.15, 0.2) is 29.6 Å². The van der Waals surface area contributed by atoms with Crippen LogP contribution in [-0.4, -0.2) is 62.0 Å². The first-order chi connectivity index (χ1) is 11.8. The molecule has 2 aliphatic heterocycles. The number of thioether (sulfide) groups is 1. The van der Waals surface area contributed by atoms with Gasteiger partial charge >= 0.3 is 0 Å². The fourth-order valence-electron chi connectivity index (χ4n) is 3.19. The molecule has 2 aliphatic rings. The number of H-pyrrole nitrogens is 1. The van der Waals surface area contributed by atoms with Crippen molar-refractivity contribution in [2.24, 2.45) is 0 Å². The summed E-state index contributed by atoms with van der Waals surface area (Å²) in [6.45, 7) is 2.32. The number of rotatable bonds is 4. The monoisotopic (exact) mass is 345 g/mol. The van der Waals surface area contributed by atoms with Crippen LogP contribution in [0.4, 0.5) is 0 Å². The first-order valence-corrected chi connectivity index (χ1v) is 9.08. The molecule has 2 aromatic heterocycles. The zero-order valence-electron chi connectivity index (χ0n) is 13.2. The van der Waals surface area contributed by atoms with E-state index < -0.39 is 0 Å². The van der Waals surface area contributed by atoms with Crippen LogP contribution in [0.1, 0.15) is 19.3 Å². The smallest absolute Gasteiger partial charge is 0.236 e. The van der Waals surface area contributed by atoms with Crippen molar-refractivity contribution in [3.63, 3.8) is 0 Å². The van der Waals surface area contributed by atoms with Crippen LogP contribution < -0.4 is 0 Å². The molecule has 2 fully saturated rings. The molecule has 126 valence electrons. The highest BCUT2D eigenvalue weighted by molar-refractivity contribution is 8.00. The third-order valence-electron chi connectivity index (χ3n) is 4.44. The maximum Gasteiger partial charge on any atom is 0.236 e. The molecule has 0 aromatic carbocycles. The summed E-state index contributed by atoms with van der Waals surface area (Å²) in [6, 6.07) is 5.97. The summed E-state index contributed by atoms with van der Waals surface area (Å²) in [4.78, 5) is 23.4. The lowest BCUT2D eigenvalue weighted by atomic mass is 10.1. The number of likely N-dealkylation sites (tertiary alicyclic amines) is 1. The number of carbonyl (C=O) groups is 1. The summed E-state index contributed by atoms with van der Waals surface area (Å²) in [5.41, 5.74) is 0.749. The Morgan fingerprint density at radius 3 is 2.92 bits per heavy atom. The Balaban J connectivity index is 1.41. The normalized spacial score (nSPS) is 22.2. The second-order valence-electron chi connectivity index (χ2n) is 5.95. The summed E-state index contributed by atoms with van der Waals surface area (Å²) in [5, 5.41) is 7.63. The van der Waals surface area contributed by atoms with Gasteiger partial charge in [-0.3, -0.25) is 14.9 Å². The minimum Gasteiger partial charge on any atom is -0.381 e. The summed E-state index contributed by atoms with van der Waals surface area (Å²) in [7, 11) is 0. The number of nitrogens with zero attached hydrogens (tertiary/aromatic N) is 4. The van der Waals surface area contributed by atoms with Crippen LogP contribution in [0, 0.1) is 0 Å². The molecule has 0 radical (unpaired) electrons. The van der Waals surface area contributed by atoms with Crippen molar-refractivity contribution in [1.29, 1.82) is 0 Å². The number of ether oxygens (including phenoxy) is 1. The Morgan fingerprint density at radius 2 is 2.12 bits per heavy atom. The molecule has 7 nitrogen and oxygen atoms in total. The predicted molar refractivity (Wildman–Crippen MR) is 89.4 cm³/mol. The van der Waals surface area contributed by atoms with Gasteiger partial charge < -0.3 is 9.64 Å². The van der Waals surface area contributed by atoms with Crippen molar-refractivity contribution in [3.8, 4) is 11.5 Å². The second-order valence-corrected chi connectivity index (χ2v) is 7.12. The van der Waals surface area contributed by atoms with Gasteiger partial charge in [-0.15, -0.1) is 5.10 Å². The number of aromatic nitrogens is 4. The fraction of sp³-hybridized carbons (Fsp3) is 0.500. The average molecular weight is 345 g/mol. The van der Waals surface area contributed by atoms with Gasteiger partial charge in [0.25, 0.3) is 0 Å². The highest BCUT2D eigenvalue weighted by atomic mass is 32.2.